The SMILES string of the molecule is Nc1ccc(-c2c(Cl)c(Cl)c(N)c(Br)c2Br)cc1. The second kappa shape index (κ2) is 5.29. The molecule has 4 N–H and O–H groups in total. The number of benzene rings is 2. The summed E-state index contributed by atoms with van der Waals surface area (Å²) in [6, 6.07) is 7.35. The average Bonchev–Trinajstić information content (AvgIpc) is 2.36. The normalized spacial score (nSPS) is 10.7. The van der Waals surface area contributed by atoms with Gasteiger partial charge in [-0.1, -0.05) is 35.3 Å². The van der Waals surface area contributed by atoms with Gasteiger partial charge in [0, 0.05) is 15.7 Å². The molecule has 0 heterocycles. The summed E-state index contributed by atoms with van der Waals surface area (Å²) in [5.74, 6) is 0. The molecular weight excluding hydrogens is 403 g/mol. The maximum Gasteiger partial charge on any atom is 0.0840 e. The fourth-order valence-electron chi connectivity index (χ4n) is 1.55. The van der Waals surface area contributed by atoms with Gasteiger partial charge >= 0.3 is 0 Å². The summed E-state index contributed by atoms with van der Waals surface area (Å²) in [5, 5.41) is 0.743. The fraction of sp³-hybridized carbons (Fsp3) is 0. The second-order valence-electron chi connectivity index (χ2n) is 3.67. The van der Waals surface area contributed by atoms with Crippen LogP contribution in [0.15, 0.2) is 33.2 Å². The van der Waals surface area contributed by atoms with E-state index in [1.165, 1.54) is 0 Å². The minimum atomic E-state index is 0.332. The highest BCUT2D eigenvalue weighted by Crippen LogP contribution is 2.47. The molecule has 2 nitrogen and oxygen atoms in total. The molecule has 2 rings (SSSR count). The summed E-state index contributed by atoms with van der Waals surface area (Å²) in [4.78, 5) is 0. The predicted molar refractivity (Wildman–Crippen MR) is 86.1 cm³/mol. The maximum atomic E-state index is 6.26. The van der Waals surface area contributed by atoms with Crippen molar-refractivity contribution in [3.63, 3.8) is 0 Å². The van der Waals surface area contributed by atoms with Gasteiger partial charge < -0.3 is 11.5 Å². The van der Waals surface area contributed by atoms with Crippen molar-refractivity contribution < 1.29 is 0 Å². The topological polar surface area (TPSA) is 52.0 Å². The van der Waals surface area contributed by atoms with Crippen LogP contribution < -0.4 is 11.5 Å². The third-order valence-corrected chi connectivity index (χ3v) is 5.51. The zero-order valence-electron chi connectivity index (χ0n) is 8.98. The van der Waals surface area contributed by atoms with Crippen LogP contribution in [0, 0.1) is 0 Å². The highest BCUT2D eigenvalue weighted by molar-refractivity contribution is 9.13. The molecule has 0 radical (unpaired) electrons. The summed E-state index contributed by atoms with van der Waals surface area (Å²) in [6.07, 6.45) is 0. The number of anilines is 2. The highest BCUT2D eigenvalue weighted by Gasteiger charge is 2.18. The van der Waals surface area contributed by atoms with Crippen molar-refractivity contribution in [3.8, 4) is 11.1 Å². The van der Waals surface area contributed by atoms with Crippen LogP contribution in [-0.2, 0) is 0 Å². The molecule has 0 bridgehead atoms. The third-order valence-electron chi connectivity index (χ3n) is 2.50. The van der Waals surface area contributed by atoms with E-state index in [4.69, 9.17) is 34.7 Å². The molecular formula is C12H8Br2Cl2N2. The molecule has 0 fully saturated rings. The zero-order valence-corrected chi connectivity index (χ0v) is 13.7. The van der Waals surface area contributed by atoms with Crippen LogP contribution in [0.5, 0.6) is 0 Å². The molecule has 0 saturated heterocycles. The van der Waals surface area contributed by atoms with E-state index in [0.717, 1.165) is 15.6 Å². The van der Waals surface area contributed by atoms with Gasteiger partial charge in [-0.25, -0.2) is 0 Å². The zero-order chi connectivity index (χ0) is 13.4. The largest absolute Gasteiger partial charge is 0.399 e. The number of hydrogen-bond donors (Lipinski definition) is 2. The van der Waals surface area contributed by atoms with Gasteiger partial charge in [-0.3, -0.25) is 0 Å². The molecule has 6 heteroatoms. The lowest BCUT2D eigenvalue weighted by atomic mass is 10.0. The van der Waals surface area contributed by atoms with Gasteiger partial charge in [-0.05, 0) is 49.6 Å². The number of hydrogen-bond acceptors (Lipinski definition) is 2. The molecule has 0 saturated carbocycles. The lowest BCUT2D eigenvalue weighted by molar-refractivity contribution is 1.54. The van der Waals surface area contributed by atoms with Crippen molar-refractivity contribution in [1.82, 2.24) is 0 Å². The summed E-state index contributed by atoms with van der Waals surface area (Å²) in [6.45, 7) is 0. The summed E-state index contributed by atoms with van der Waals surface area (Å²) in [7, 11) is 0. The smallest absolute Gasteiger partial charge is 0.0840 e. The Kier molecular flexibility index (Phi) is 4.11. The molecule has 0 amide bonds. The van der Waals surface area contributed by atoms with Crippen LogP contribution in [0.1, 0.15) is 0 Å². The molecule has 0 aliphatic rings. The Labute approximate surface area is 132 Å². The van der Waals surface area contributed by atoms with E-state index in [1.54, 1.807) is 12.1 Å². The molecule has 0 aliphatic carbocycles. The van der Waals surface area contributed by atoms with Gasteiger partial charge in [0.05, 0.1) is 20.2 Å². The standard InChI is InChI=1S/C12H8Br2Cl2N2/c13-8-7(5-1-3-6(17)4-2-5)10(15)11(16)12(18)9(8)14/h1-4H,17-18H2. The first-order valence-corrected chi connectivity index (χ1v) is 7.25. The van der Waals surface area contributed by atoms with Crippen molar-refractivity contribution >= 4 is 66.4 Å². The van der Waals surface area contributed by atoms with E-state index < -0.39 is 0 Å². The minimum absolute atomic E-state index is 0.332. The minimum Gasteiger partial charge on any atom is -0.399 e. The molecule has 0 aliphatic heterocycles. The van der Waals surface area contributed by atoms with Gasteiger partial charge in [0.1, 0.15) is 0 Å². The Morgan fingerprint density at radius 2 is 1.39 bits per heavy atom. The number of nitrogen functional groups attached to an aromatic ring is 2. The molecule has 0 atom stereocenters. The van der Waals surface area contributed by atoms with Crippen LogP contribution >= 0.6 is 55.1 Å². The van der Waals surface area contributed by atoms with Crippen molar-refractivity contribution in [2.24, 2.45) is 0 Å². The Hall–Kier alpha value is -0.420. The van der Waals surface area contributed by atoms with Crippen molar-refractivity contribution in [3.05, 3.63) is 43.3 Å². The van der Waals surface area contributed by atoms with Crippen molar-refractivity contribution in [2.45, 2.75) is 0 Å². The average molecular weight is 411 g/mol. The molecule has 2 aromatic rings. The summed E-state index contributed by atoms with van der Waals surface area (Å²) >= 11 is 19.2. The number of nitrogens with two attached hydrogens (primary N) is 2. The van der Waals surface area contributed by atoms with Gasteiger partial charge in [-0.15, -0.1) is 0 Å². The van der Waals surface area contributed by atoms with Gasteiger partial charge in [0.15, 0.2) is 0 Å². The van der Waals surface area contributed by atoms with E-state index in [-0.39, 0.29) is 0 Å². The van der Waals surface area contributed by atoms with Gasteiger partial charge in [0.25, 0.3) is 0 Å². The van der Waals surface area contributed by atoms with E-state index in [2.05, 4.69) is 31.9 Å². The van der Waals surface area contributed by atoms with E-state index in [0.29, 0.717) is 25.9 Å². The van der Waals surface area contributed by atoms with Crippen LogP contribution in [0.25, 0.3) is 11.1 Å². The predicted octanol–water partition coefficient (Wildman–Crippen LogP) is 5.35. The first-order chi connectivity index (χ1) is 8.43. The van der Waals surface area contributed by atoms with E-state index in [1.807, 2.05) is 12.1 Å². The molecule has 0 unspecified atom stereocenters. The van der Waals surface area contributed by atoms with Crippen LogP contribution in [0.2, 0.25) is 10.0 Å². The Morgan fingerprint density at radius 1 is 0.833 bits per heavy atom. The van der Waals surface area contributed by atoms with Crippen LogP contribution in [-0.4, -0.2) is 0 Å². The highest BCUT2D eigenvalue weighted by atomic mass is 79.9. The lowest BCUT2D eigenvalue weighted by Crippen LogP contribution is -1.94. The number of rotatable bonds is 1. The van der Waals surface area contributed by atoms with Gasteiger partial charge in [-0.2, -0.15) is 0 Å². The van der Waals surface area contributed by atoms with Crippen LogP contribution in [0.4, 0.5) is 11.4 Å². The number of halogens is 4. The molecule has 2 aromatic carbocycles. The quantitative estimate of drug-likeness (QED) is 0.491. The van der Waals surface area contributed by atoms with Crippen molar-refractivity contribution in [2.75, 3.05) is 11.5 Å². The first kappa shape index (κ1) is 14.0. The molecule has 0 aromatic heterocycles. The van der Waals surface area contributed by atoms with Crippen molar-refractivity contribution in [1.29, 1.82) is 0 Å². The Balaban J connectivity index is 2.75. The summed E-state index contributed by atoms with van der Waals surface area (Å²) in [5.41, 5.74) is 14.3. The molecule has 94 valence electrons. The van der Waals surface area contributed by atoms with E-state index >= 15 is 0 Å². The Bertz CT molecular complexity index is 583. The van der Waals surface area contributed by atoms with Crippen LogP contribution in [0.3, 0.4) is 0 Å². The second-order valence-corrected chi connectivity index (χ2v) is 6.01. The summed E-state index contributed by atoms with van der Waals surface area (Å²) < 4.78 is 1.45. The molecule has 0 spiro atoms. The Morgan fingerprint density at radius 3 is 1.94 bits per heavy atom. The molecule has 18 heavy (non-hydrogen) atoms. The first-order valence-electron chi connectivity index (χ1n) is 4.90. The van der Waals surface area contributed by atoms with Gasteiger partial charge in [0.2, 0.25) is 0 Å². The van der Waals surface area contributed by atoms with E-state index in [9.17, 15) is 0 Å². The fourth-order valence-corrected chi connectivity index (χ4v) is 3.31. The third kappa shape index (κ3) is 2.35. The monoisotopic (exact) mass is 408 g/mol. The maximum absolute atomic E-state index is 6.26. The lowest BCUT2D eigenvalue weighted by Gasteiger charge is -2.14.